The molecule has 1 aromatic heterocycles. The van der Waals surface area contributed by atoms with Crippen LogP contribution in [0.5, 0.6) is 0 Å². The fourth-order valence-electron chi connectivity index (χ4n) is 1.38. The van der Waals surface area contributed by atoms with E-state index in [4.69, 9.17) is 17.3 Å². The van der Waals surface area contributed by atoms with E-state index >= 15 is 0 Å². The van der Waals surface area contributed by atoms with E-state index in [1.165, 1.54) is 4.68 Å². The lowest BCUT2D eigenvalue weighted by molar-refractivity contribution is 0.538. The van der Waals surface area contributed by atoms with Gasteiger partial charge in [-0.05, 0) is 20.3 Å². The number of nitrogens with two attached hydrogens (primary N) is 1. The molecule has 0 aliphatic rings. The normalized spacial score (nSPS) is 11.6. The Balaban J connectivity index is 2.84. The van der Waals surface area contributed by atoms with Gasteiger partial charge >= 0.3 is 0 Å². The van der Waals surface area contributed by atoms with Crippen LogP contribution in [0.15, 0.2) is 11.0 Å². The van der Waals surface area contributed by atoms with Crippen LogP contribution in [0.1, 0.15) is 33.6 Å². The minimum atomic E-state index is -0.375. The van der Waals surface area contributed by atoms with E-state index in [0.717, 1.165) is 12.8 Å². The lowest BCUT2D eigenvalue weighted by atomic mass is 10.1. The summed E-state index contributed by atoms with van der Waals surface area (Å²) in [6.07, 6.45) is 3.49. The smallest absolute Gasteiger partial charge is 0.287 e. The van der Waals surface area contributed by atoms with Crippen LogP contribution in [0.25, 0.3) is 0 Å². The molecule has 6 heteroatoms. The van der Waals surface area contributed by atoms with Gasteiger partial charge in [-0.25, -0.2) is 4.68 Å². The summed E-state index contributed by atoms with van der Waals surface area (Å²) >= 11 is 6.03. The first-order chi connectivity index (χ1) is 8.35. The van der Waals surface area contributed by atoms with Gasteiger partial charge in [0.25, 0.3) is 5.56 Å². The average molecular weight is 273 g/mol. The summed E-state index contributed by atoms with van der Waals surface area (Å²) in [5, 5.41) is 7.31. The van der Waals surface area contributed by atoms with Crippen LogP contribution in [0.2, 0.25) is 5.02 Å². The Morgan fingerprint density at radius 1 is 1.56 bits per heavy atom. The van der Waals surface area contributed by atoms with Crippen LogP contribution < -0.4 is 16.6 Å². The molecule has 0 atom stereocenters. The molecule has 0 aliphatic carbocycles. The van der Waals surface area contributed by atoms with Gasteiger partial charge in [0.2, 0.25) is 0 Å². The van der Waals surface area contributed by atoms with Crippen LogP contribution in [0.4, 0.5) is 5.69 Å². The van der Waals surface area contributed by atoms with E-state index in [2.05, 4.69) is 17.3 Å². The van der Waals surface area contributed by atoms with Gasteiger partial charge in [0.05, 0.1) is 11.9 Å². The third-order valence-corrected chi connectivity index (χ3v) is 2.81. The summed E-state index contributed by atoms with van der Waals surface area (Å²) in [5.41, 5.74) is 5.76. The molecule has 0 unspecified atom stereocenters. The second-order valence-corrected chi connectivity index (χ2v) is 5.47. The molecule has 1 heterocycles. The number of hydrogen-bond donors (Lipinski definition) is 2. The van der Waals surface area contributed by atoms with E-state index in [1.54, 1.807) is 6.20 Å². The summed E-state index contributed by atoms with van der Waals surface area (Å²) in [6.45, 7) is 6.96. The van der Waals surface area contributed by atoms with Crippen molar-refractivity contribution in [3.05, 3.63) is 21.6 Å². The number of anilines is 1. The highest BCUT2D eigenvalue weighted by molar-refractivity contribution is 6.32. The summed E-state index contributed by atoms with van der Waals surface area (Å²) in [6, 6.07) is 0. The summed E-state index contributed by atoms with van der Waals surface area (Å²) in [5.74, 6) is 0. The van der Waals surface area contributed by atoms with Gasteiger partial charge in [0, 0.05) is 18.6 Å². The zero-order valence-electron chi connectivity index (χ0n) is 11.2. The maximum Gasteiger partial charge on any atom is 0.287 e. The first-order valence-corrected chi connectivity index (χ1v) is 6.51. The van der Waals surface area contributed by atoms with Crippen LogP contribution in [0.3, 0.4) is 0 Å². The van der Waals surface area contributed by atoms with E-state index in [9.17, 15) is 4.79 Å². The summed E-state index contributed by atoms with van der Waals surface area (Å²) < 4.78 is 1.39. The first-order valence-electron chi connectivity index (χ1n) is 6.13. The van der Waals surface area contributed by atoms with Crippen molar-refractivity contribution in [2.75, 3.05) is 11.9 Å². The highest BCUT2D eigenvalue weighted by Gasteiger charge is 2.13. The van der Waals surface area contributed by atoms with Crippen molar-refractivity contribution in [2.24, 2.45) is 5.73 Å². The van der Waals surface area contributed by atoms with Crippen LogP contribution in [-0.2, 0) is 6.54 Å². The van der Waals surface area contributed by atoms with Crippen molar-refractivity contribution in [1.29, 1.82) is 0 Å². The fourth-order valence-corrected chi connectivity index (χ4v) is 1.59. The molecule has 0 saturated heterocycles. The molecule has 1 aromatic rings. The third-order valence-electron chi connectivity index (χ3n) is 2.44. The molecule has 18 heavy (non-hydrogen) atoms. The molecule has 102 valence electrons. The Morgan fingerprint density at radius 2 is 2.22 bits per heavy atom. The van der Waals surface area contributed by atoms with Crippen LogP contribution in [0, 0.1) is 0 Å². The maximum absolute atomic E-state index is 11.9. The minimum Gasteiger partial charge on any atom is -0.381 e. The standard InChI is InChI=1S/C12H21ClN4O/c1-4-5-6-17-11(18)10(13)9(7-16-17)15-8-12(2,3)14/h7,15H,4-6,8,14H2,1-3H3. The number of unbranched alkanes of at least 4 members (excludes halogenated alkanes) is 1. The lowest BCUT2D eigenvalue weighted by Gasteiger charge is -2.20. The van der Waals surface area contributed by atoms with E-state index < -0.39 is 0 Å². The highest BCUT2D eigenvalue weighted by Crippen LogP contribution is 2.16. The van der Waals surface area contributed by atoms with E-state index in [0.29, 0.717) is 18.8 Å². The molecule has 0 aromatic carbocycles. The number of nitrogens with one attached hydrogen (secondary N) is 1. The predicted molar refractivity (Wildman–Crippen MR) is 75.2 cm³/mol. The average Bonchev–Trinajstić information content (AvgIpc) is 2.28. The Bertz CT molecular complexity index is 450. The van der Waals surface area contributed by atoms with Crippen molar-refractivity contribution >= 4 is 17.3 Å². The molecule has 0 fully saturated rings. The number of aromatic nitrogens is 2. The third kappa shape index (κ3) is 4.31. The Labute approximate surface area is 112 Å². The predicted octanol–water partition coefficient (Wildman–Crippen LogP) is 1.85. The van der Waals surface area contributed by atoms with Gasteiger partial charge in [-0.15, -0.1) is 0 Å². The molecule has 1 rings (SSSR count). The second-order valence-electron chi connectivity index (χ2n) is 5.10. The minimum absolute atomic E-state index is 0.172. The molecular weight excluding hydrogens is 252 g/mol. The van der Waals surface area contributed by atoms with Crippen molar-refractivity contribution in [2.45, 2.75) is 45.7 Å². The zero-order chi connectivity index (χ0) is 13.8. The highest BCUT2D eigenvalue weighted by atomic mass is 35.5. The van der Waals surface area contributed by atoms with Gasteiger partial charge in [-0.2, -0.15) is 5.10 Å². The molecule has 0 amide bonds. The van der Waals surface area contributed by atoms with Crippen molar-refractivity contribution in [3.63, 3.8) is 0 Å². The Hall–Kier alpha value is -1.07. The van der Waals surface area contributed by atoms with Gasteiger partial charge in [0.1, 0.15) is 5.02 Å². The number of hydrogen-bond acceptors (Lipinski definition) is 4. The fraction of sp³-hybridized carbons (Fsp3) is 0.667. The Morgan fingerprint density at radius 3 is 2.78 bits per heavy atom. The van der Waals surface area contributed by atoms with Gasteiger partial charge in [-0.3, -0.25) is 4.79 Å². The van der Waals surface area contributed by atoms with Gasteiger partial charge < -0.3 is 11.1 Å². The number of nitrogens with zero attached hydrogens (tertiary/aromatic N) is 2. The van der Waals surface area contributed by atoms with Gasteiger partial charge in [0.15, 0.2) is 0 Å². The molecule has 0 saturated carbocycles. The number of aryl methyl sites for hydroxylation is 1. The van der Waals surface area contributed by atoms with Crippen molar-refractivity contribution in [1.82, 2.24) is 9.78 Å². The monoisotopic (exact) mass is 272 g/mol. The first kappa shape index (κ1) is 15.0. The Kier molecular flexibility index (Phi) is 5.16. The number of rotatable bonds is 6. The molecule has 0 bridgehead atoms. The molecular formula is C12H21ClN4O. The van der Waals surface area contributed by atoms with E-state index in [-0.39, 0.29) is 16.1 Å². The van der Waals surface area contributed by atoms with Crippen molar-refractivity contribution in [3.8, 4) is 0 Å². The molecule has 0 aliphatic heterocycles. The molecule has 0 radical (unpaired) electrons. The summed E-state index contributed by atoms with van der Waals surface area (Å²) in [7, 11) is 0. The zero-order valence-corrected chi connectivity index (χ0v) is 11.9. The van der Waals surface area contributed by atoms with Crippen LogP contribution >= 0.6 is 11.6 Å². The quantitative estimate of drug-likeness (QED) is 0.829. The second kappa shape index (κ2) is 6.20. The largest absolute Gasteiger partial charge is 0.381 e. The number of halogens is 1. The topological polar surface area (TPSA) is 72.9 Å². The molecule has 3 N–H and O–H groups in total. The maximum atomic E-state index is 11.9. The van der Waals surface area contributed by atoms with E-state index in [1.807, 2.05) is 13.8 Å². The van der Waals surface area contributed by atoms with Crippen molar-refractivity contribution < 1.29 is 0 Å². The molecule has 5 nitrogen and oxygen atoms in total. The SMILES string of the molecule is CCCCn1ncc(NCC(C)(C)N)c(Cl)c1=O. The lowest BCUT2D eigenvalue weighted by Crippen LogP contribution is -2.40. The van der Waals surface area contributed by atoms with Gasteiger partial charge in [-0.1, -0.05) is 24.9 Å². The molecule has 0 spiro atoms. The summed E-state index contributed by atoms with van der Waals surface area (Å²) in [4.78, 5) is 11.9. The van der Waals surface area contributed by atoms with Crippen LogP contribution in [-0.4, -0.2) is 21.9 Å².